The second-order valence-corrected chi connectivity index (χ2v) is 13.3. The summed E-state index contributed by atoms with van der Waals surface area (Å²) in [6.07, 6.45) is 1.36. The highest BCUT2D eigenvalue weighted by Crippen LogP contribution is 2.41. The molecule has 2 N–H and O–H groups in total. The van der Waals surface area contributed by atoms with Gasteiger partial charge in [-0.05, 0) is 62.1 Å². The minimum Gasteiger partial charge on any atom is -0.323 e. The number of aryl methyl sites for hydroxylation is 1. The number of aromatic nitrogens is 4. The first-order valence-electron chi connectivity index (χ1n) is 15.8. The molecule has 2 aromatic carbocycles. The summed E-state index contributed by atoms with van der Waals surface area (Å²) < 4.78 is 43.7. The molecule has 2 aliphatic heterocycles. The maximum absolute atomic E-state index is 13.4. The Morgan fingerprint density at radius 2 is 1.90 bits per heavy atom. The van der Waals surface area contributed by atoms with Crippen LogP contribution in [0.1, 0.15) is 54.8 Å². The number of nitrogens with one attached hydrogen (secondary N) is 2. The van der Waals surface area contributed by atoms with Crippen LogP contribution in [-0.4, -0.2) is 54.6 Å². The number of amides is 3. The van der Waals surface area contributed by atoms with Gasteiger partial charge in [0, 0.05) is 56.3 Å². The van der Waals surface area contributed by atoms with E-state index in [1.54, 1.807) is 24.0 Å². The number of hydrogen-bond donors (Lipinski definition) is 2. The largest absolute Gasteiger partial charge is 0.416 e. The van der Waals surface area contributed by atoms with Crippen LogP contribution in [0.4, 0.5) is 18.9 Å². The molecule has 7 rings (SSSR count). The molecule has 3 aliphatic rings. The highest BCUT2D eigenvalue weighted by Gasteiger charge is 2.47. The number of benzene rings is 2. The van der Waals surface area contributed by atoms with Gasteiger partial charge < -0.3 is 5.32 Å². The summed E-state index contributed by atoms with van der Waals surface area (Å²) in [7, 11) is 1.64. The number of rotatable bonds is 6. The van der Waals surface area contributed by atoms with Crippen molar-refractivity contribution in [1.82, 2.24) is 29.1 Å². The highest BCUT2D eigenvalue weighted by atomic mass is 35.5. The molecule has 0 bridgehead atoms. The highest BCUT2D eigenvalue weighted by molar-refractivity contribution is 6.33. The first-order valence-corrected chi connectivity index (χ1v) is 16.2. The van der Waals surface area contributed by atoms with Gasteiger partial charge in [-0.15, -0.1) is 0 Å². The van der Waals surface area contributed by atoms with Gasteiger partial charge in [-0.25, -0.2) is 4.79 Å². The molecule has 4 heterocycles. The molecule has 0 spiro atoms. The van der Waals surface area contributed by atoms with Crippen LogP contribution in [0.25, 0.3) is 11.0 Å². The molecule has 15 heteroatoms. The van der Waals surface area contributed by atoms with E-state index >= 15 is 0 Å². The number of hydrogen-bond acceptors (Lipinski definition) is 6. The Morgan fingerprint density at radius 1 is 1.12 bits per heavy atom. The summed E-state index contributed by atoms with van der Waals surface area (Å²) >= 11 is 6.07. The Bertz CT molecular complexity index is 2130. The number of fused-ring (bicyclic) bond motifs is 1. The van der Waals surface area contributed by atoms with Crippen LogP contribution in [0.3, 0.4) is 0 Å². The number of halogens is 4. The van der Waals surface area contributed by atoms with Gasteiger partial charge in [0.2, 0.25) is 11.8 Å². The fourth-order valence-electron chi connectivity index (χ4n) is 6.68. The van der Waals surface area contributed by atoms with Gasteiger partial charge >= 0.3 is 11.9 Å². The molecule has 1 aliphatic carbocycles. The summed E-state index contributed by atoms with van der Waals surface area (Å²) in [5.41, 5.74) is 0.858. The van der Waals surface area contributed by atoms with E-state index in [0.717, 1.165) is 48.8 Å². The number of anilines is 1. The van der Waals surface area contributed by atoms with E-state index in [-0.39, 0.29) is 47.0 Å². The van der Waals surface area contributed by atoms with Crippen LogP contribution in [0.2, 0.25) is 5.02 Å². The Kier molecular flexibility index (Phi) is 8.15. The van der Waals surface area contributed by atoms with Crippen LogP contribution in [0, 0.1) is 17.8 Å². The van der Waals surface area contributed by atoms with Gasteiger partial charge in [0.15, 0.2) is 0 Å². The standard InChI is InChI=1S/C34H31ClF3N7O4/c1-42-28-13-20(5-8-26(28)45(32(42)49)27-9-10-29(46)41-30(27)47)3-4-21-16-43(17-21)18-22-15-39-44(19-22)33(11-2-12-33)31(48)40-25-7-6-23(14-24(25)35)34(36,37)38/h5-8,13-15,19,21,27H,2,9-12,16-18H2,1H3,(H,40,48)(H,41,46,47). The first kappa shape index (κ1) is 32.7. The zero-order chi connectivity index (χ0) is 34.7. The van der Waals surface area contributed by atoms with Crippen LogP contribution >= 0.6 is 11.6 Å². The zero-order valence-electron chi connectivity index (χ0n) is 26.3. The summed E-state index contributed by atoms with van der Waals surface area (Å²) in [4.78, 5) is 52.6. The Hall–Kier alpha value is -4.87. The van der Waals surface area contributed by atoms with E-state index in [1.165, 1.54) is 9.13 Å². The molecule has 11 nitrogen and oxygen atoms in total. The van der Waals surface area contributed by atoms with E-state index < -0.39 is 29.2 Å². The monoisotopic (exact) mass is 693 g/mol. The number of likely N-dealkylation sites (tertiary alicyclic amines) is 1. The molecule has 1 atom stereocenters. The van der Waals surface area contributed by atoms with Crippen LogP contribution in [0.15, 0.2) is 53.6 Å². The van der Waals surface area contributed by atoms with Crippen LogP contribution in [0.5, 0.6) is 0 Å². The fraction of sp³-hybridized carbons (Fsp3) is 0.382. The predicted molar refractivity (Wildman–Crippen MR) is 173 cm³/mol. The third kappa shape index (κ3) is 6.02. The first-order chi connectivity index (χ1) is 23.3. The maximum Gasteiger partial charge on any atom is 0.416 e. The van der Waals surface area contributed by atoms with Crippen molar-refractivity contribution in [2.45, 2.75) is 56.4 Å². The molecule has 4 aromatic rings. The third-order valence-electron chi connectivity index (χ3n) is 9.62. The maximum atomic E-state index is 13.4. The predicted octanol–water partition coefficient (Wildman–Crippen LogP) is 4.19. The Labute approximate surface area is 283 Å². The third-order valence-corrected chi connectivity index (χ3v) is 9.93. The van der Waals surface area contributed by atoms with Gasteiger partial charge in [0.25, 0.3) is 5.91 Å². The van der Waals surface area contributed by atoms with Gasteiger partial charge in [-0.3, -0.25) is 38.4 Å². The fourth-order valence-corrected chi connectivity index (χ4v) is 6.91. The number of nitrogens with zero attached hydrogens (tertiary/aromatic N) is 5. The quantitative estimate of drug-likeness (QED) is 0.231. The Balaban J connectivity index is 0.972. The van der Waals surface area contributed by atoms with E-state index in [2.05, 4.69) is 32.5 Å². The Morgan fingerprint density at radius 3 is 2.57 bits per heavy atom. The lowest BCUT2D eigenvalue weighted by Crippen LogP contribution is -2.51. The lowest BCUT2D eigenvalue weighted by molar-refractivity contribution is -0.138. The summed E-state index contributed by atoms with van der Waals surface area (Å²) in [6, 6.07) is 7.53. The topological polar surface area (TPSA) is 123 Å². The van der Waals surface area contributed by atoms with Gasteiger partial charge in [-0.1, -0.05) is 23.4 Å². The van der Waals surface area contributed by atoms with Crippen molar-refractivity contribution in [3.8, 4) is 11.8 Å². The molecule has 49 heavy (non-hydrogen) atoms. The van der Waals surface area contributed by atoms with E-state index in [4.69, 9.17) is 11.6 Å². The molecule has 254 valence electrons. The van der Waals surface area contributed by atoms with Gasteiger partial charge in [-0.2, -0.15) is 18.3 Å². The smallest absolute Gasteiger partial charge is 0.323 e. The minimum atomic E-state index is -4.54. The molecule has 3 fully saturated rings. The normalized spacial score (nSPS) is 19.5. The number of piperidine rings is 1. The molecule has 2 saturated heterocycles. The molecule has 0 radical (unpaired) electrons. The van der Waals surface area contributed by atoms with E-state index in [1.807, 2.05) is 18.3 Å². The molecule has 1 saturated carbocycles. The number of alkyl halides is 3. The van der Waals surface area contributed by atoms with Crippen LogP contribution < -0.4 is 16.3 Å². The van der Waals surface area contributed by atoms with Gasteiger partial charge in [0.1, 0.15) is 11.6 Å². The second kappa shape index (κ2) is 12.2. The molecule has 1 unspecified atom stereocenters. The van der Waals surface area contributed by atoms with Crippen molar-refractivity contribution in [3.63, 3.8) is 0 Å². The van der Waals surface area contributed by atoms with Crippen molar-refractivity contribution in [2.24, 2.45) is 13.0 Å². The average molecular weight is 694 g/mol. The SMILES string of the molecule is Cn1c(=O)n(C2CCC(=O)NC2=O)c2ccc(C#CC3CN(Cc4cnn(C5(C(=O)Nc6ccc(C(F)(F)F)cc6Cl)CCC5)c4)C3)cc21. The summed E-state index contributed by atoms with van der Waals surface area (Å²) in [6.45, 7) is 2.09. The summed E-state index contributed by atoms with van der Waals surface area (Å²) in [5.74, 6) is 5.45. The number of carbonyl (C=O) groups is 3. The minimum absolute atomic E-state index is 0.112. The van der Waals surface area contributed by atoms with Crippen LogP contribution in [-0.2, 0) is 39.7 Å². The number of imidazole rings is 1. The number of imide groups is 1. The van der Waals surface area contributed by atoms with Crippen molar-refractivity contribution in [3.05, 3.63) is 81.0 Å². The number of carbonyl (C=O) groups excluding carboxylic acids is 3. The zero-order valence-corrected chi connectivity index (χ0v) is 27.1. The molecular weight excluding hydrogens is 663 g/mol. The van der Waals surface area contributed by atoms with E-state index in [0.29, 0.717) is 30.4 Å². The average Bonchev–Trinajstić information content (AvgIpc) is 3.56. The lowest BCUT2D eigenvalue weighted by Gasteiger charge is -2.40. The van der Waals surface area contributed by atoms with Gasteiger partial charge in [0.05, 0.1) is 33.5 Å². The van der Waals surface area contributed by atoms with E-state index in [9.17, 15) is 32.3 Å². The molecule has 2 aromatic heterocycles. The van der Waals surface area contributed by atoms with Crippen molar-refractivity contribution < 1.29 is 27.6 Å². The molecular formula is C34H31ClF3N7O4. The van der Waals surface area contributed by atoms with Crippen molar-refractivity contribution in [2.75, 3.05) is 18.4 Å². The van der Waals surface area contributed by atoms with Crippen molar-refractivity contribution in [1.29, 1.82) is 0 Å². The lowest BCUT2D eigenvalue weighted by atomic mass is 9.76. The second-order valence-electron chi connectivity index (χ2n) is 12.9. The summed E-state index contributed by atoms with van der Waals surface area (Å²) in [5, 5.41) is 9.30. The molecule has 3 amide bonds. The van der Waals surface area contributed by atoms with Crippen molar-refractivity contribution >= 4 is 46.0 Å².